The highest BCUT2D eigenvalue weighted by Crippen LogP contribution is 2.47. The molecule has 10 nitrogen and oxygen atoms in total. The third-order valence-corrected chi connectivity index (χ3v) is 9.66. The molecule has 0 aliphatic carbocycles. The number of aliphatic carboxylic acids is 1. The maximum absolute atomic E-state index is 13.5. The highest BCUT2D eigenvalue weighted by molar-refractivity contribution is 6.35. The molecule has 5 atom stereocenters. The van der Waals surface area contributed by atoms with Crippen molar-refractivity contribution in [2.75, 3.05) is 19.6 Å². The molecule has 3 aromatic rings. The fourth-order valence-corrected chi connectivity index (χ4v) is 7.17. The third-order valence-electron chi connectivity index (χ3n) is 9.29. The number of aliphatic hydroxyl groups excluding tert-OH is 1. The highest BCUT2D eigenvalue weighted by atomic mass is 35.5. The van der Waals surface area contributed by atoms with Gasteiger partial charge in [0.15, 0.2) is 11.5 Å². The van der Waals surface area contributed by atoms with Gasteiger partial charge in [0.25, 0.3) is 5.91 Å². The molecule has 3 aromatic carbocycles. The summed E-state index contributed by atoms with van der Waals surface area (Å²) in [6.07, 6.45) is -0.196. The zero-order chi connectivity index (χ0) is 33.2. The molecule has 0 bridgehead atoms. The van der Waals surface area contributed by atoms with E-state index in [0.29, 0.717) is 44.0 Å². The van der Waals surface area contributed by atoms with Gasteiger partial charge >= 0.3 is 5.97 Å². The Morgan fingerprint density at radius 1 is 1.00 bits per heavy atom. The molecule has 3 N–H and O–H groups in total. The number of carbonyl (C=O) groups is 3. The van der Waals surface area contributed by atoms with Crippen LogP contribution in [0.1, 0.15) is 41.8 Å². The molecule has 6 rings (SSSR count). The molecule has 0 aromatic heterocycles. The lowest BCUT2D eigenvalue weighted by Crippen LogP contribution is -2.63. The van der Waals surface area contributed by atoms with Crippen LogP contribution in [0.2, 0.25) is 5.02 Å². The van der Waals surface area contributed by atoms with Gasteiger partial charge in [-0.05, 0) is 42.2 Å². The molecular weight excluding hydrogens is 622 g/mol. The lowest BCUT2D eigenvalue weighted by atomic mass is 9.77. The second kappa shape index (κ2) is 13.8. The lowest BCUT2D eigenvalue weighted by Gasteiger charge is -2.46. The van der Waals surface area contributed by atoms with E-state index in [1.165, 1.54) is 4.90 Å². The maximum Gasteiger partial charge on any atom is 0.352 e. The molecule has 3 heterocycles. The molecular formula is C36H38ClN3O7. The van der Waals surface area contributed by atoms with E-state index in [-0.39, 0.29) is 58.5 Å². The fourth-order valence-electron chi connectivity index (χ4n) is 6.88. The number of rotatable bonds is 12. The number of nitrogens with zero attached hydrogens (tertiary/aromatic N) is 2. The number of aliphatic hydroxyl groups is 1. The Balaban J connectivity index is 1.14. The first-order valence-corrected chi connectivity index (χ1v) is 16.2. The van der Waals surface area contributed by atoms with Crippen LogP contribution in [0.3, 0.4) is 0 Å². The summed E-state index contributed by atoms with van der Waals surface area (Å²) >= 11 is 6.84. The number of carboxylic acids is 1. The van der Waals surface area contributed by atoms with Crippen LogP contribution in [0.25, 0.3) is 0 Å². The summed E-state index contributed by atoms with van der Waals surface area (Å²) in [7, 11) is 0. The first-order chi connectivity index (χ1) is 22.6. The highest BCUT2D eigenvalue weighted by Gasteiger charge is 2.59. The minimum absolute atomic E-state index is 0.0151. The minimum Gasteiger partial charge on any atom is -0.485 e. The SMILES string of the molecule is C[C@@H](O)[C@H]1C(=O)N2C(C(=O)O)=C(CN3CCC(NC(=O)c4ccc(OCc5ccccc5)c(OCc5ccccc5)c4Cl)C3)[C@H](C)[C@H]12. The topological polar surface area (TPSA) is 129 Å². The number of benzene rings is 3. The predicted molar refractivity (Wildman–Crippen MR) is 175 cm³/mol. The zero-order valence-electron chi connectivity index (χ0n) is 26.3. The number of ether oxygens (including phenoxy) is 2. The van der Waals surface area contributed by atoms with Crippen LogP contribution in [0.4, 0.5) is 0 Å². The summed E-state index contributed by atoms with van der Waals surface area (Å²) in [4.78, 5) is 41.9. The summed E-state index contributed by atoms with van der Waals surface area (Å²) in [5, 5.41) is 23.3. The smallest absolute Gasteiger partial charge is 0.352 e. The van der Waals surface area contributed by atoms with E-state index in [4.69, 9.17) is 21.1 Å². The van der Waals surface area contributed by atoms with Gasteiger partial charge in [0.05, 0.1) is 28.6 Å². The number of hydrogen-bond donors (Lipinski definition) is 3. The number of halogens is 1. The van der Waals surface area contributed by atoms with Crippen LogP contribution in [-0.2, 0) is 22.8 Å². The average molecular weight is 660 g/mol. The Kier molecular flexibility index (Phi) is 9.54. The van der Waals surface area contributed by atoms with E-state index in [1.54, 1.807) is 19.1 Å². The number of carboxylic acid groups (broad SMARTS) is 1. The second-order valence-corrected chi connectivity index (χ2v) is 12.8. The van der Waals surface area contributed by atoms with Crippen molar-refractivity contribution in [3.8, 4) is 11.5 Å². The number of amides is 2. The van der Waals surface area contributed by atoms with Gasteiger partial charge in [0, 0.05) is 31.6 Å². The Labute approximate surface area is 278 Å². The van der Waals surface area contributed by atoms with Crippen molar-refractivity contribution in [1.29, 1.82) is 0 Å². The molecule has 3 aliphatic rings. The summed E-state index contributed by atoms with van der Waals surface area (Å²) < 4.78 is 12.2. The molecule has 2 amide bonds. The average Bonchev–Trinajstić information content (AvgIpc) is 3.59. The van der Waals surface area contributed by atoms with Gasteiger partial charge in [-0.15, -0.1) is 0 Å². The van der Waals surface area contributed by atoms with Crippen LogP contribution >= 0.6 is 11.6 Å². The van der Waals surface area contributed by atoms with Crippen molar-refractivity contribution in [2.45, 2.75) is 51.7 Å². The van der Waals surface area contributed by atoms with Crippen molar-refractivity contribution < 1.29 is 34.1 Å². The normalized spacial score (nSPS) is 22.9. The standard InChI is InChI=1S/C36H38ClN3O7/c1-21-27(32(36(44)45)40-31(21)29(22(2)41)35(40)43)18-39-16-15-25(17-39)38-34(42)26-13-14-28(46-19-23-9-5-3-6-10-23)33(30(26)37)47-20-24-11-7-4-8-12-24/h3-14,21-22,25,29,31,41H,15-20H2,1-2H3,(H,38,42)(H,44,45)/t21-,22+,25?,29+,31+/m0/s1. The summed E-state index contributed by atoms with van der Waals surface area (Å²) in [5.41, 5.74) is 2.85. The van der Waals surface area contributed by atoms with Crippen LogP contribution in [0, 0.1) is 11.8 Å². The van der Waals surface area contributed by atoms with E-state index >= 15 is 0 Å². The van der Waals surface area contributed by atoms with Gasteiger partial charge in [0.2, 0.25) is 5.91 Å². The molecule has 1 unspecified atom stereocenters. The maximum atomic E-state index is 13.5. The van der Waals surface area contributed by atoms with Gasteiger partial charge in [-0.3, -0.25) is 14.5 Å². The monoisotopic (exact) mass is 659 g/mol. The molecule has 0 spiro atoms. The molecule has 3 aliphatic heterocycles. The quantitative estimate of drug-likeness (QED) is 0.243. The molecule has 246 valence electrons. The second-order valence-electron chi connectivity index (χ2n) is 12.4. The Morgan fingerprint density at radius 2 is 1.64 bits per heavy atom. The third kappa shape index (κ3) is 6.58. The first kappa shape index (κ1) is 32.6. The van der Waals surface area contributed by atoms with Crippen LogP contribution in [-0.4, -0.2) is 75.6 Å². The number of fused-ring (bicyclic) bond motifs is 1. The van der Waals surface area contributed by atoms with E-state index < -0.39 is 18.0 Å². The molecule has 47 heavy (non-hydrogen) atoms. The number of β-lactam (4-membered cyclic amide) rings is 1. The number of carbonyl (C=O) groups excluding carboxylic acids is 2. The Hall–Kier alpha value is -4.38. The number of likely N-dealkylation sites (tertiary alicyclic amines) is 1. The number of nitrogens with one attached hydrogen (secondary N) is 1. The van der Waals surface area contributed by atoms with E-state index in [1.807, 2.05) is 67.6 Å². The minimum atomic E-state index is -1.15. The Morgan fingerprint density at radius 3 is 2.26 bits per heavy atom. The van der Waals surface area contributed by atoms with Crippen molar-refractivity contribution in [2.24, 2.45) is 11.8 Å². The summed E-state index contributed by atoms with van der Waals surface area (Å²) in [6.45, 7) is 5.50. The first-order valence-electron chi connectivity index (χ1n) is 15.8. The van der Waals surface area contributed by atoms with Gasteiger partial charge in [-0.25, -0.2) is 4.79 Å². The number of hydrogen-bond acceptors (Lipinski definition) is 7. The van der Waals surface area contributed by atoms with Crippen LogP contribution in [0.5, 0.6) is 11.5 Å². The van der Waals surface area contributed by atoms with Crippen molar-refractivity contribution in [1.82, 2.24) is 15.1 Å². The van der Waals surface area contributed by atoms with E-state index in [9.17, 15) is 24.6 Å². The predicted octanol–water partition coefficient (Wildman–Crippen LogP) is 4.50. The van der Waals surface area contributed by atoms with Crippen molar-refractivity contribution in [3.05, 3.63) is 106 Å². The van der Waals surface area contributed by atoms with E-state index in [0.717, 1.165) is 11.1 Å². The molecule has 11 heteroatoms. The van der Waals surface area contributed by atoms with Gasteiger partial charge in [0.1, 0.15) is 18.9 Å². The lowest BCUT2D eigenvalue weighted by molar-refractivity contribution is -0.163. The van der Waals surface area contributed by atoms with Crippen molar-refractivity contribution >= 4 is 29.4 Å². The molecule has 2 fully saturated rings. The summed E-state index contributed by atoms with van der Waals surface area (Å²) in [6, 6.07) is 22.1. The van der Waals surface area contributed by atoms with Gasteiger partial charge < -0.3 is 29.9 Å². The molecule has 0 saturated carbocycles. The van der Waals surface area contributed by atoms with Gasteiger partial charge in [-0.1, -0.05) is 79.2 Å². The fraction of sp³-hybridized carbons (Fsp3) is 0.361. The largest absolute Gasteiger partial charge is 0.485 e. The molecule has 2 saturated heterocycles. The van der Waals surface area contributed by atoms with E-state index in [2.05, 4.69) is 10.2 Å². The van der Waals surface area contributed by atoms with Crippen molar-refractivity contribution in [3.63, 3.8) is 0 Å². The molecule has 0 radical (unpaired) electrons. The van der Waals surface area contributed by atoms with Crippen LogP contribution < -0.4 is 14.8 Å². The summed E-state index contributed by atoms with van der Waals surface area (Å²) in [5.74, 6) is -1.96. The zero-order valence-corrected chi connectivity index (χ0v) is 27.0. The Bertz CT molecular complexity index is 1680. The van der Waals surface area contributed by atoms with Crippen LogP contribution in [0.15, 0.2) is 84.1 Å². The van der Waals surface area contributed by atoms with Gasteiger partial charge in [-0.2, -0.15) is 0 Å².